The smallest absolute Gasteiger partial charge is 0.352 e. The van der Waals surface area contributed by atoms with Gasteiger partial charge in [0.1, 0.15) is 5.75 Å². The van der Waals surface area contributed by atoms with Gasteiger partial charge >= 0.3 is 11.4 Å². The molecule has 14 heteroatoms. The first-order valence-electron chi connectivity index (χ1n) is 16.0. The van der Waals surface area contributed by atoms with E-state index in [9.17, 15) is 19.5 Å². The van der Waals surface area contributed by atoms with Crippen LogP contribution in [0.25, 0.3) is 5.69 Å². The molecule has 0 radical (unpaired) electrons. The number of hydrogen-bond donors (Lipinski definition) is 2. The first-order chi connectivity index (χ1) is 24.6. The Kier molecular flexibility index (Phi) is 7.69. The molecular formula is C37H28Cl2FN5O6. The molecule has 0 spiro atoms. The van der Waals surface area contributed by atoms with Gasteiger partial charge in [0, 0.05) is 16.5 Å². The lowest BCUT2D eigenvalue weighted by Gasteiger charge is -2.49. The predicted octanol–water partition coefficient (Wildman–Crippen LogP) is 5.58. The van der Waals surface area contributed by atoms with Gasteiger partial charge in [0.05, 0.1) is 47.4 Å². The number of phenolic OH excluding ortho intramolecular Hbond substituents is 1. The number of para-hydroxylation sites is 2. The van der Waals surface area contributed by atoms with Crippen LogP contribution in [0.4, 0.5) is 10.1 Å². The lowest BCUT2D eigenvalue weighted by Crippen LogP contribution is -2.53. The molecule has 2 N–H and O–H groups in total. The van der Waals surface area contributed by atoms with Gasteiger partial charge in [0.2, 0.25) is 0 Å². The van der Waals surface area contributed by atoms with Crippen LogP contribution in [0.15, 0.2) is 112 Å². The van der Waals surface area contributed by atoms with E-state index in [1.165, 1.54) is 40.7 Å². The third-order valence-electron chi connectivity index (χ3n) is 10.2. The number of amides is 2. The highest BCUT2D eigenvalue weighted by atomic mass is 35.5. The number of hydrazine groups is 1. The quantitative estimate of drug-likeness (QED) is 0.173. The van der Waals surface area contributed by atoms with Crippen molar-refractivity contribution in [2.45, 2.75) is 30.3 Å². The summed E-state index contributed by atoms with van der Waals surface area (Å²) < 4.78 is 24.3. The summed E-state index contributed by atoms with van der Waals surface area (Å²) in [6.07, 6.45) is 1.63. The normalized spacial score (nSPS) is 22.2. The van der Waals surface area contributed by atoms with Gasteiger partial charge in [-0.25, -0.2) is 27.9 Å². The maximum Gasteiger partial charge on any atom is 0.352 e. The summed E-state index contributed by atoms with van der Waals surface area (Å²) in [4.78, 5) is 58.0. The largest absolute Gasteiger partial charge is 0.505 e. The molecule has 1 aliphatic carbocycles. The fourth-order valence-corrected chi connectivity index (χ4v) is 8.46. The molecule has 3 aliphatic rings. The number of imide groups is 1. The Labute approximate surface area is 299 Å². The van der Waals surface area contributed by atoms with Gasteiger partial charge in [-0.05, 0) is 66.1 Å². The molecule has 11 nitrogen and oxygen atoms in total. The second-order valence-corrected chi connectivity index (χ2v) is 13.4. The fourth-order valence-electron chi connectivity index (χ4n) is 8.01. The number of allylic oxidation sites excluding steroid dienone is 2. The zero-order chi connectivity index (χ0) is 35.8. The molecule has 1 aromatic heterocycles. The van der Waals surface area contributed by atoms with Gasteiger partial charge in [-0.15, -0.1) is 0 Å². The van der Waals surface area contributed by atoms with Crippen molar-refractivity contribution in [2.24, 2.45) is 5.92 Å². The molecule has 1 saturated heterocycles. The second kappa shape index (κ2) is 12.0. The number of rotatable bonds is 6. The molecule has 4 atom stereocenters. The average molecular weight is 729 g/mol. The van der Waals surface area contributed by atoms with Crippen LogP contribution in [0.5, 0.6) is 11.5 Å². The number of methoxy groups -OCH3 is 1. The lowest BCUT2D eigenvalue weighted by molar-refractivity contribution is -0.138. The maximum atomic E-state index is 15.3. The van der Waals surface area contributed by atoms with E-state index in [0.717, 1.165) is 15.6 Å². The van der Waals surface area contributed by atoms with Crippen LogP contribution < -0.4 is 21.5 Å². The van der Waals surface area contributed by atoms with Gasteiger partial charge in [-0.3, -0.25) is 15.0 Å². The number of nitrogens with zero attached hydrogens (tertiary/aromatic N) is 4. The SMILES string of the molecule is COc1ccc([C@@]23C(=O)N(Nc4ccc(Cl)cc4Cl)C(=O)[C@@H]2C[C@@H]2C(=CCn4c(=O)n(-c5ccccc5)c(=O)n42)[C@@H]3c2cccc(F)c2O)cc1. The number of benzene rings is 4. The number of phenols is 1. The van der Waals surface area contributed by atoms with Crippen molar-refractivity contribution in [2.75, 3.05) is 12.5 Å². The van der Waals surface area contributed by atoms with E-state index in [0.29, 0.717) is 27.6 Å². The highest BCUT2D eigenvalue weighted by Crippen LogP contribution is 2.63. The number of fused-ring (bicyclic) bond motifs is 4. The molecule has 5 aromatic rings. The van der Waals surface area contributed by atoms with Gasteiger partial charge < -0.3 is 9.84 Å². The summed E-state index contributed by atoms with van der Waals surface area (Å²) in [6.45, 7) is -0.0693. The third kappa shape index (κ3) is 4.70. The maximum absolute atomic E-state index is 15.3. The first kappa shape index (κ1) is 32.6. The summed E-state index contributed by atoms with van der Waals surface area (Å²) in [5.74, 6) is -4.89. The zero-order valence-corrected chi connectivity index (χ0v) is 28.3. The summed E-state index contributed by atoms with van der Waals surface area (Å²) in [5.41, 5.74) is 1.33. The van der Waals surface area contributed by atoms with Crippen molar-refractivity contribution >= 4 is 40.7 Å². The van der Waals surface area contributed by atoms with Crippen LogP contribution in [-0.2, 0) is 21.5 Å². The van der Waals surface area contributed by atoms with Crippen LogP contribution in [-0.4, -0.2) is 43.0 Å². The average Bonchev–Trinajstić information content (AvgIpc) is 3.51. The van der Waals surface area contributed by atoms with Crippen LogP contribution in [0.2, 0.25) is 10.0 Å². The molecule has 2 fully saturated rings. The Bertz CT molecular complexity index is 2410. The molecule has 1 saturated carbocycles. The number of aromatic nitrogens is 3. The number of carbonyl (C=O) groups is 2. The van der Waals surface area contributed by atoms with Crippen LogP contribution in [0.1, 0.15) is 29.5 Å². The molecule has 4 aromatic carbocycles. The van der Waals surface area contributed by atoms with Crippen LogP contribution in [0, 0.1) is 11.7 Å². The van der Waals surface area contributed by atoms with Gasteiger partial charge in [0.15, 0.2) is 11.6 Å². The first-order valence-corrected chi connectivity index (χ1v) is 16.7. The fraction of sp³-hybridized carbons (Fsp3) is 0.189. The van der Waals surface area contributed by atoms with E-state index in [1.54, 1.807) is 66.7 Å². The molecule has 2 amide bonds. The van der Waals surface area contributed by atoms with Gasteiger partial charge in [-0.2, -0.15) is 5.01 Å². The van der Waals surface area contributed by atoms with Crippen molar-refractivity contribution in [3.8, 4) is 17.2 Å². The molecule has 0 unspecified atom stereocenters. The molecule has 2 aliphatic heterocycles. The Hall–Kier alpha value is -5.59. The zero-order valence-electron chi connectivity index (χ0n) is 26.8. The molecule has 0 bridgehead atoms. The number of aromatic hydroxyl groups is 1. The van der Waals surface area contributed by atoms with Gasteiger partial charge in [-0.1, -0.05) is 71.7 Å². The molecule has 258 valence electrons. The summed E-state index contributed by atoms with van der Waals surface area (Å²) in [6, 6.07) is 22.7. The van der Waals surface area contributed by atoms with Crippen molar-refractivity contribution in [3.05, 3.63) is 151 Å². The molecule has 3 heterocycles. The lowest BCUT2D eigenvalue weighted by atomic mass is 9.53. The predicted molar refractivity (Wildman–Crippen MR) is 187 cm³/mol. The Morgan fingerprint density at radius 2 is 1.67 bits per heavy atom. The number of hydrogen-bond acceptors (Lipinski definition) is 7. The highest BCUT2D eigenvalue weighted by molar-refractivity contribution is 6.36. The van der Waals surface area contributed by atoms with E-state index in [4.69, 9.17) is 27.9 Å². The number of carbonyl (C=O) groups excluding carboxylic acids is 2. The van der Waals surface area contributed by atoms with Crippen molar-refractivity contribution in [1.29, 1.82) is 0 Å². The number of ether oxygens (including phenoxy) is 1. The van der Waals surface area contributed by atoms with Crippen LogP contribution in [0.3, 0.4) is 0 Å². The summed E-state index contributed by atoms with van der Waals surface area (Å²) >= 11 is 12.6. The minimum atomic E-state index is -1.78. The van der Waals surface area contributed by atoms with Crippen molar-refractivity contribution < 1.29 is 23.8 Å². The van der Waals surface area contributed by atoms with Crippen molar-refractivity contribution in [3.63, 3.8) is 0 Å². The topological polar surface area (TPSA) is 128 Å². The Balaban J connectivity index is 1.40. The van der Waals surface area contributed by atoms with E-state index in [1.807, 2.05) is 0 Å². The van der Waals surface area contributed by atoms with E-state index >= 15 is 9.18 Å². The molecule has 51 heavy (non-hydrogen) atoms. The third-order valence-corrected chi connectivity index (χ3v) is 10.7. The number of halogens is 3. The summed E-state index contributed by atoms with van der Waals surface area (Å²) in [5, 5.41) is 12.7. The highest BCUT2D eigenvalue weighted by Gasteiger charge is 2.69. The number of nitrogens with one attached hydrogen (secondary N) is 1. The van der Waals surface area contributed by atoms with E-state index in [-0.39, 0.29) is 29.2 Å². The minimum absolute atomic E-state index is 0.0330. The van der Waals surface area contributed by atoms with Gasteiger partial charge in [0.25, 0.3) is 11.8 Å². The van der Waals surface area contributed by atoms with E-state index in [2.05, 4.69) is 5.43 Å². The van der Waals surface area contributed by atoms with E-state index < -0.39 is 58.1 Å². The minimum Gasteiger partial charge on any atom is -0.505 e. The number of anilines is 1. The molecule has 8 rings (SSSR count). The van der Waals surface area contributed by atoms with Crippen LogP contribution >= 0.6 is 23.2 Å². The standard InChI is InChI=1S/C37H28Cl2FN5O6/c1-51-23-13-10-20(11-14-23)37-26(33(47)44(34(37)48)41-29-15-12-21(38)18-27(29)39)19-30-24(31(37)25-8-5-9-28(40)32(25)46)16-17-42-35(49)43(36(50)45(30)42)22-6-3-2-4-7-22/h2-16,18,26,30-31,41,46H,17,19H2,1H3/t26-,30+,31+,37+/m0/s1. The Morgan fingerprint density at radius 3 is 2.37 bits per heavy atom. The van der Waals surface area contributed by atoms with Crippen molar-refractivity contribution in [1.82, 2.24) is 18.9 Å². The second-order valence-electron chi connectivity index (χ2n) is 12.6. The summed E-state index contributed by atoms with van der Waals surface area (Å²) in [7, 11) is 1.49. The monoisotopic (exact) mass is 727 g/mol. The molecular weight excluding hydrogens is 700 g/mol. The Morgan fingerprint density at radius 1 is 0.922 bits per heavy atom.